The van der Waals surface area contributed by atoms with Crippen LogP contribution in [0.3, 0.4) is 0 Å². The summed E-state index contributed by atoms with van der Waals surface area (Å²) < 4.78 is 25.4. The highest BCUT2D eigenvalue weighted by Gasteiger charge is 2.26. The second kappa shape index (κ2) is 7.45. The highest BCUT2D eigenvalue weighted by atomic mass is 32.2. The summed E-state index contributed by atoms with van der Waals surface area (Å²) in [5, 5.41) is 17.9. The molecule has 0 aromatic heterocycles. The predicted molar refractivity (Wildman–Crippen MR) is 92.6 cm³/mol. The van der Waals surface area contributed by atoms with Crippen molar-refractivity contribution in [3.05, 3.63) is 28.3 Å². The van der Waals surface area contributed by atoms with Gasteiger partial charge < -0.3 is 10.6 Å². The van der Waals surface area contributed by atoms with Gasteiger partial charge >= 0.3 is 0 Å². The first-order chi connectivity index (χ1) is 11.2. The van der Waals surface area contributed by atoms with Gasteiger partial charge in [-0.25, -0.2) is 12.7 Å². The molecular weight excluding hydrogens is 332 g/mol. The van der Waals surface area contributed by atoms with Crippen molar-refractivity contribution >= 4 is 21.4 Å². The smallest absolute Gasteiger partial charge is 0.293 e. The molecule has 0 amide bonds. The van der Waals surface area contributed by atoms with Crippen molar-refractivity contribution in [3.63, 3.8) is 0 Å². The van der Waals surface area contributed by atoms with Gasteiger partial charge in [0.2, 0.25) is 10.0 Å². The van der Waals surface area contributed by atoms with Gasteiger partial charge in [-0.2, -0.15) is 0 Å². The summed E-state index contributed by atoms with van der Waals surface area (Å²) in [5.41, 5.74) is 0.115. The zero-order valence-corrected chi connectivity index (χ0v) is 15.0. The van der Waals surface area contributed by atoms with Crippen molar-refractivity contribution in [1.29, 1.82) is 0 Å². The van der Waals surface area contributed by atoms with Crippen molar-refractivity contribution < 1.29 is 13.3 Å². The van der Waals surface area contributed by atoms with Crippen LogP contribution >= 0.6 is 0 Å². The van der Waals surface area contributed by atoms with Gasteiger partial charge in [-0.05, 0) is 50.9 Å². The molecule has 0 bridgehead atoms. The minimum atomic E-state index is -3.71. The minimum absolute atomic E-state index is 0.0489. The number of nitro groups is 1. The van der Waals surface area contributed by atoms with E-state index in [0.717, 1.165) is 36.3 Å². The highest BCUT2D eigenvalue weighted by Crippen LogP contribution is 2.30. The number of sulfonamides is 1. The number of rotatable bonds is 6. The van der Waals surface area contributed by atoms with Crippen molar-refractivity contribution in [2.24, 2.45) is 5.92 Å². The third-order valence-electron chi connectivity index (χ3n) is 4.37. The molecule has 1 aliphatic heterocycles. The number of hydrogen-bond acceptors (Lipinski definition) is 6. The number of benzene rings is 1. The largest absolute Gasteiger partial charge is 0.377 e. The Morgan fingerprint density at radius 2 is 2.12 bits per heavy atom. The molecule has 2 rings (SSSR count). The molecule has 2 unspecified atom stereocenters. The maximum absolute atomic E-state index is 12.2. The monoisotopic (exact) mass is 356 g/mol. The SMILES string of the molecule is CC(Nc1ccc(S(=O)(=O)N(C)C)cc1[N+](=O)[O-])C1CCCNC1. The summed E-state index contributed by atoms with van der Waals surface area (Å²) in [5.74, 6) is 0.378. The van der Waals surface area contributed by atoms with Crippen LogP contribution in [-0.4, -0.2) is 50.9 Å². The van der Waals surface area contributed by atoms with Gasteiger partial charge in [0.15, 0.2) is 0 Å². The van der Waals surface area contributed by atoms with E-state index in [9.17, 15) is 18.5 Å². The Balaban J connectivity index is 2.28. The lowest BCUT2D eigenvalue weighted by molar-refractivity contribution is -0.384. The molecule has 1 aromatic carbocycles. The van der Waals surface area contributed by atoms with Gasteiger partial charge in [0.25, 0.3) is 5.69 Å². The molecule has 24 heavy (non-hydrogen) atoms. The van der Waals surface area contributed by atoms with Crippen molar-refractivity contribution in [2.75, 3.05) is 32.5 Å². The second-order valence-electron chi connectivity index (χ2n) is 6.26. The Hall–Kier alpha value is -1.71. The average molecular weight is 356 g/mol. The van der Waals surface area contributed by atoms with Crippen LogP contribution in [0.25, 0.3) is 0 Å². The second-order valence-corrected chi connectivity index (χ2v) is 8.41. The quantitative estimate of drug-likeness (QED) is 0.593. The van der Waals surface area contributed by atoms with E-state index in [4.69, 9.17) is 0 Å². The predicted octanol–water partition coefficient (Wildman–Crippen LogP) is 1.65. The summed E-state index contributed by atoms with van der Waals surface area (Å²) in [6, 6.07) is 4.04. The van der Waals surface area contributed by atoms with Crippen LogP contribution in [-0.2, 0) is 10.0 Å². The summed E-state index contributed by atoms with van der Waals surface area (Å²) in [6.45, 7) is 3.86. The Bertz CT molecular complexity index is 699. The lowest BCUT2D eigenvalue weighted by Gasteiger charge is -2.29. The van der Waals surface area contributed by atoms with Crippen LogP contribution in [0.5, 0.6) is 0 Å². The lowest BCUT2D eigenvalue weighted by Crippen LogP contribution is -2.38. The molecule has 0 saturated carbocycles. The number of nitrogens with one attached hydrogen (secondary N) is 2. The topological polar surface area (TPSA) is 105 Å². The molecule has 0 aliphatic carbocycles. The van der Waals surface area contributed by atoms with Crippen molar-refractivity contribution in [1.82, 2.24) is 9.62 Å². The number of nitrogens with zero attached hydrogens (tertiary/aromatic N) is 2. The molecular formula is C15H24N4O4S. The molecule has 8 nitrogen and oxygen atoms in total. The molecule has 134 valence electrons. The van der Waals surface area contributed by atoms with E-state index in [-0.39, 0.29) is 16.6 Å². The highest BCUT2D eigenvalue weighted by molar-refractivity contribution is 7.89. The average Bonchev–Trinajstić information content (AvgIpc) is 2.55. The first-order valence-electron chi connectivity index (χ1n) is 7.91. The molecule has 9 heteroatoms. The first-order valence-corrected chi connectivity index (χ1v) is 9.35. The molecule has 1 saturated heterocycles. The number of piperidine rings is 1. The Morgan fingerprint density at radius 3 is 2.67 bits per heavy atom. The number of hydrogen-bond donors (Lipinski definition) is 2. The zero-order chi connectivity index (χ0) is 17.9. The summed E-state index contributed by atoms with van der Waals surface area (Å²) in [7, 11) is -0.919. The third-order valence-corrected chi connectivity index (χ3v) is 6.18. The van der Waals surface area contributed by atoms with Crippen LogP contribution in [0.1, 0.15) is 19.8 Å². The standard InChI is InChI=1S/C15H24N4O4S/c1-11(12-5-4-8-16-10-12)17-14-7-6-13(9-15(14)19(20)21)24(22,23)18(2)3/h6-7,9,11-12,16-17H,4-5,8,10H2,1-3H3. The lowest BCUT2D eigenvalue weighted by atomic mass is 9.92. The molecule has 1 aliphatic rings. The zero-order valence-electron chi connectivity index (χ0n) is 14.2. The molecule has 1 heterocycles. The fourth-order valence-corrected chi connectivity index (χ4v) is 3.75. The van der Waals surface area contributed by atoms with E-state index >= 15 is 0 Å². The number of nitro benzene ring substituents is 1. The Labute approximate surface area is 142 Å². The number of anilines is 1. The summed E-state index contributed by atoms with van der Waals surface area (Å²) in [6.07, 6.45) is 2.14. The van der Waals surface area contributed by atoms with Gasteiger partial charge in [-0.1, -0.05) is 0 Å². The van der Waals surface area contributed by atoms with Crippen molar-refractivity contribution in [3.8, 4) is 0 Å². The van der Waals surface area contributed by atoms with Crippen LogP contribution in [0.2, 0.25) is 0 Å². The van der Waals surface area contributed by atoms with Crippen LogP contribution in [0, 0.1) is 16.0 Å². The maximum Gasteiger partial charge on any atom is 0.293 e. The van der Waals surface area contributed by atoms with Crippen LogP contribution < -0.4 is 10.6 Å². The van der Waals surface area contributed by atoms with Gasteiger partial charge in [-0.15, -0.1) is 0 Å². The Morgan fingerprint density at radius 1 is 1.42 bits per heavy atom. The fourth-order valence-electron chi connectivity index (χ4n) is 2.82. The van der Waals surface area contributed by atoms with E-state index in [0.29, 0.717) is 11.6 Å². The molecule has 2 atom stereocenters. The minimum Gasteiger partial charge on any atom is -0.377 e. The van der Waals surface area contributed by atoms with Gasteiger partial charge in [0.1, 0.15) is 5.69 Å². The molecule has 0 spiro atoms. The van der Waals surface area contributed by atoms with E-state index in [1.54, 1.807) is 0 Å². The van der Waals surface area contributed by atoms with E-state index in [2.05, 4.69) is 10.6 Å². The normalized spacial score (nSPS) is 19.9. The van der Waals surface area contributed by atoms with E-state index in [1.165, 1.54) is 26.2 Å². The van der Waals surface area contributed by atoms with Crippen LogP contribution in [0.4, 0.5) is 11.4 Å². The van der Waals surface area contributed by atoms with Gasteiger partial charge in [0.05, 0.1) is 9.82 Å². The molecule has 0 radical (unpaired) electrons. The maximum atomic E-state index is 12.2. The third kappa shape index (κ3) is 4.03. The van der Waals surface area contributed by atoms with Crippen molar-refractivity contribution in [2.45, 2.75) is 30.7 Å². The first kappa shape index (κ1) is 18.6. The molecule has 1 aromatic rings. The van der Waals surface area contributed by atoms with E-state index in [1.807, 2.05) is 6.92 Å². The van der Waals surface area contributed by atoms with Crippen LogP contribution in [0.15, 0.2) is 23.1 Å². The molecule has 2 N–H and O–H groups in total. The Kier molecular flexibility index (Phi) is 5.79. The summed E-state index contributed by atoms with van der Waals surface area (Å²) >= 11 is 0. The molecule has 1 fully saturated rings. The fraction of sp³-hybridized carbons (Fsp3) is 0.600. The van der Waals surface area contributed by atoms with Gasteiger partial charge in [0, 0.05) is 26.2 Å². The van der Waals surface area contributed by atoms with Gasteiger partial charge in [-0.3, -0.25) is 10.1 Å². The summed E-state index contributed by atoms with van der Waals surface area (Å²) in [4.78, 5) is 10.7. The van der Waals surface area contributed by atoms with E-state index < -0.39 is 14.9 Å².